The first-order valence-corrected chi connectivity index (χ1v) is 22.3. The van der Waals surface area contributed by atoms with E-state index in [1.165, 1.54) is 11.6 Å². The number of aliphatic hydroxyl groups excluding tert-OH is 2. The first-order chi connectivity index (χ1) is 30.5. The highest BCUT2D eigenvalue weighted by atomic mass is 16.5. The third kappa shape index (κ3) is 10.4. The van der Waals surface area contributed by atoms with Crippen LogP contribution in [0.25, 0.3) is 10.8 Å². The Kier molecular flexibility index (Phi) is 14.8. The van der Waals surface area contributed by atoms with Crippen LogP contribution in [0, 0.1) is 5.92 Å². The van der Waals surface area contributed by atoms with Crippen LogP contribution in [0.3, 0.4) is 0 Å². The molecule has 0 unspecified atom stereocenters. The maximum Gasteiger partial charge on any atom is 0.164 e. The fraction of sp³-hybridized carbons (Fsp3) is 0.377. The molecule has 0 radical (unpaired) electrons. The van der Waals surface area contributed by atoms with Gasteiger partial charge in [0.1, 0.15) is 11.5 Å². The monoisotopic (exact) mass is 854 g/mol. The number of methoxy groups -OCH3 is 1. The summed E-state index contributed by atoms with van der Waals surface area (Å²) in [5, 5.41) is 62.3. The zero-order valence-corrected chi connectivity index (χ0v) is 36.7. The first kappa shape index (κ1) is 45.2. The van der Waals surface area contributed by atoms with Crippen LogP contribution < -0.4 is 14.8 Å². The number of nitrogens with one attached hydrogen (secondary N) is 2. The number of hydrogen-bond donors (Lipinski definition) is 7. The Morgan fingerprint density at radius 3 is 2.37 bits per heavy atom. The highest BCUT2D eigenvalue weighted by molar-refractivity contribution is 5.91. The van der Waals surface area contributed by atoms with E-state index in [2.05, 4.69) is 41.5 Å². The van der Waals surface area contributed by atoms with Crippen LogP contribution in [-0.4, -0.2) is 69.3 Å². The van der Waals surface area contributed by atoms with E-state index in [0.717, 1.165) is 77.1 Å². The quantitative estimate of drug-likeness (QED) is 0.0398. The van der Waals surface area contributed by atoms with Gasteiger partial charge in [-0.2, -0.15) is 0 Å². The van der Waals surface area contributed by atoms with Crippen molar-refractivity contribution >= 4 is 16.6 Å². The number of Topliss-reactive ketones (excluding diaryl/α,β-unsaturated/α-hetero) is 1. The minimum atomic E-state index is -1.59. The summed E-state index contributed by atoms with van der Waals surface area (Å²) in [7, 11) is 3.34. The van der Waals surface area contributed by atoms with Crippen molar-refractivity contribution in [3.8, 4) is 28.7 Å². The molecule has 1 aromatic heterocycles. The number of benzene rings is 5. The van der Waals surface area contributed by atoms with Gasteiger partial charge >= 0.3 is 0 Å². The topological polar surface area (TPSA) is 164 Å². The molecule has 0 amide bonds. The van der Waals surface area contributed by atoms with E-state index in [9.17, 15) is 25.5 Å². The van der Waals surface area contributed by atoms with Crippen molar-refractivity contribution in [3.05, 3.63) is 148 Å². The summed E-state index contributed by atoms with van der Waals surface area (Å²) in [5.74, 6) is -0.217. The summed E-state index contributed by atoms with van der Waals surface area (Å²) in [6.07, 6.45) is 9.35. The Labute approximate surface area is 370 Å². The molecule has 3 atom stereocenters. The maximum absolute atomic E-state index is 15.2. The number of H-pyrrole nitrogens is 1. The SMILES string of the molecule is CCc1ccc2ccccc2c1Cc1c(C[C@H](Cc2cc[nH]c2)[C@H](O)CC(=O)[C@](CO)(Cc2ccc(O)c(OC3CCCCC3)c2)c2cc(O)cc(CNC)c2)ccc(O)c1OC. The summed E-state index contributed by atoms with van der Waals surface area (Å²) in [5.41, 5.74) is 5.17. The number of phenolic OH excluding ortho intramolecular Hbond substituents is 3. The molecule has 1 aliphatic rings. The molecule has 63 heavy (non-hydrogen) atoms. The van der Waals surface area contributed by atoms with Crippen LogP contribution >= 0.6 is 0 Å². The molecule has 0 saturated heterocycles. The van der Waals surface area contributed by atoms with Gasteiger partial charge in [-0.3, -0.25) is 4.79 Å². The van der Waals surface area contributed by atoms with Gasteiger partial charge in [0.25, 0.3) is 0 Å². The molecule has 0 bridgehead atoms. The van der Waals surface area contributed by atoms with Gasteiger partial charge in [0, 0.05) is 37.3 Å². The number of aromatic amines is 1. The van der Waals surface area contributed by atoms with Gasteiger partial charge in [-0.05, 0) is 150 Å². The van der Waals surface area contributed by atoms with Gasteiger partial charge in [-0.25, -0.2) is 0 Å². The molecule has 1 fully saturated rings. The van der Waals surface area contributed by atoms with E-state index in [1.807, 2.05) is 42.7 Å². The lowest BCUT2D eigenvalue weighted by molar-refractivity contribution is -0.129. The Balaban J connectivity index is 1.26. The lowest BCUT2D eigenvalue weighted by Crippen LogP contribution is -2.44. The number of phenols is 3. The van der Waals surface area contributed by atoms with Crippen molar-refractivity contribution in [2.24, 2.45) is 5.92 Å². The average molecular weight is 855 g/mol. The van der Waals surface area contributed by atoms with Gasteiger partial charge in [0.15, 0.2) is 23.0 Å². The third-order valence-electron chi connectivity index (χ3n) is 13.1. The second-order valence-corrected chi connectivity index (χ2v) is 17.3. The number of carbonyl (C=O) groups excluding carboxylic acids is 1. The number of ether oxygens (including phenoxy) is 2. The molecule has 0 aliphatic heterocycles. The molecule has 1 heterocycles. The number of ketones is 1. The van der Waals surface area contributed by atoms with E-state index in [1.54, 1.807) is 44.5 Å². The molecule has 1 saturated carbocycles. The van der Waals surface area contributed by atoms with Crippen molar-refractivity contribution in [2.75, 3.05) is 20.8 Å². The van der Waals surface area contributed by atoms with Crippen LogP contribution in [0.2, 0.25) is 0 Å². The molecule has 5 aromatic carbocycles. The highest BCUT2D eigenvalue weighted by Gasteiger charge is 2.42. The van der Waals surface area contributed by atoms with Crippen LogP contribution in [-0.2, 0) is 48.9 Å². The smallest absolute Gasteiger partial charge is 0.164 e. The second-order valence-electron chi connectivity index (χ2n) is 17.3. The number of hydrogen-bond acceptors (Lipinski definition) is 9. The Hall–Kier alpha value is -5.81. The summed E-state index contributed by atoms with van der Waals surface area (Å²) >= 11 is 0. The van der Waals surface area contributed by atoms with E-state index in [4.69, 9.17) is 9.47 Å². The minimum Gasteiger partial charge on any atom is -0.508 e. The van der Waals surface area contributed by atoms with Gasteiger partial charge in [0.2, 0.25) is 0 Å². The predicted molar refractivity (Wildman–Crippen MR) is 247 cm³/mol. The highest BCUT2D eigenvalue weighted by Crippen LogP contribution is 2.41. The fourth-order valence-corrected chi connectivity index (χ4v) is 9.66. The van der Waals surface area contributed by atoms with Gasteiger partial charge in [0.05, 0.1) is 31.3 Å². The third-order valence-corrected chi connectivity index (χ3v) is 13.1. The van der Waals surface area contributed by atoms with Crippen LogP contribution in [0.5, 0.6) is 28.7 Å². The van der Waals surface area contributed by atoms with Crippen molar-refractivity contribution < 1.29 is 39.8 Å². The van der Waals surface area contributed by atoms with Crippen LogP contribution in [0.4, 0.5) is 0 Å². The number of aliphatic hydroxyl groups is 2. The lowest BCUT2D eigenvalue weighted by Gasteiger charge is -2.34. The van der Waals surface area contributed by atoms with Gasteiger partial charge in [-0.1, -0.05) is 67.9 Å². The fourth-order valence-electron chi connectivity index (χ4n) is 9.66. The van der Waals surface area contributed by atoms with E-state index < -0.39 is 29.8 Å². The Morgan fingerprint density at radius 2 is 1.63 bits per heavy atom. The minimum absolute atomic E-state index is 0.00136. The number of aryl methyl sites for hydroxylation is 1. The number of fused-ring (bicyclic) bond motifs is 1. The molecule has 7 rings (SSSR count). The predicted octanol–water partition coefficient (Wildman–Crippen LogP) is 8.77. The van der Waals surface area contributed by atoms with Crippen LogP contribution in [0.1, 0.15) is 90.0 Å². The van der Waals surface area contributed by atoms with E-state index in [0.29, 0.717) is 48.4 Å². The summed E-state index contributed by atoms with van der Waals surface area (Å²) in [6.45, 7) is 1.94. The average Bonchev–Trinajstić information content (AvgIpc) is 3.81. The summed E-state index contributed by atoms with van der Waals surface area (Å²) in [6, 6.07) is 28.0. The van der Waals surface area contributed by atoms with E-state index in [-0.39, 0.29) is 36.2 Å². The number of aromatic hydroxyl groups is 3. The van der Waals surface area contributed by atoms with Crippen molar-refractivity contribution in [1.82, 2.24) is 10.3 Å². The second kappa shape index (κ2) is 20.6. The van der Waals surface area contributed by atoms with Gasteiger partial charge in [-0.15, -0.1) is 0 Å². The summed E-state index contributed by atoms with van der Waals surface area (Å²) in [4.78, 5) is 18.3. The molecule has 332 valence electrons. The zero-order chi connectivity index (χ0) is 44.5. The van der Waals surface area contributed by atoms with Crippen molar-refractivity contribution in [3.63, 3.8) is 0 Å². The number of aromatic nitrogens is 1. The Morgan fingerprint density at radius 1 is 0.857 bits per heavy atom. The standard InChI is InChI=1S/C53H62N2O8/c1-4-37-15-16-38-10-8-9-13-44(38)45(37)28-46-39(17-19-48(59)52(46)62-3)26-40(22-35-20-21-55-32-35)49(60)29-51(61)53(33-56,41-23-36(31-54-2)24-42(57)27-41)30-34-14-18-47(58)50(25-34)63-43-11-6-5-7-12-43/h8-10,13-21,23-25,27,32,40,43,49,54-60H,4-7,11-12,22,26,28-31,33H2,1-3H3/t40-,49+,53-/m0/s1. The molecule has 6 aromatic rings. The number of rotatable bonds is 20. The van der Waals surface area contributed by atoms with Gasteiger partial charge < -0.3 is 45.3 Å². The van der Waals surface area contributed by atoms with E-state index >= 15 is 4.79 Å². The molecule has 7 N–H and O–H groups in total. The normalized spacial score (nSPS) is 15.2. The molecule has 0 spiro atoms. The number of carbonyl (C=O) groups is 1. The molecule has 1 aliphatic carbocycles. The molecule has 10 heteroatoms. The lowest BCUT2D eigenvalue weighted by atomic mass is 9.70. The molecular weight excluding hydrogens is 793 g/mol. The molecular formula is C53H62N2O8. The van der Waals surface area contributed by atoms with Crippen molar-refractivity contribution in [1.29, 1.82) is 0 Å². The first-order valence-electron chi connectivity index (χ1n) is 22.3. The summed E-state index contributed by atoms with van der Waals surface area (Å²) < 4.78 is 12.2. The molecule has 10 nitrogen and oxygen atoms in total. The van der Waals surface area contributed by atoms with Crippen LogP contribution in [0.15, 0.2) is 103 Å². The zero-order valence-electron chi connectivity index (χ0n) is 36.7. The maximum atomic E-state index is 15.2. The Bertz CT molecular complexity index is 2480. The largest absolute Gasteiger partial charge is 0.508 e. The van der Waals surface area contributed by atoms with Crippen molar-refractivity contribution in [2.45, 2.75) is 102 Å².